The van der Waals surface area contributed by atoms with Crippen LogP contribution in [0.3, 0.4) is 0 Å². The van der Waals surface area contributed by atoms with Crippen LogP contribution >= 0.6 is 23.2 Å². The van der Waals surface area contributed by atoms with E-state index in [9.17, 15) is 4.79 Å². The number of para-hydroxylation sites is 2. The number of nitrogens with zero attached hydrogens (tertiary/aromatic N) is 1. The molecule has 0 aliphatic rings. The summed E-state index contributed by atoms with van der Waals surface area (Å²) in [6.45, 7) is 2.57. The maximum absolute atomic E-state index is 12.5. The topological polar surface area (TPSA) is 43.3 Å². The third kappa shape index (κ3) is 3.75. The third-order valence-electron chi connectivity index (χ3n) is 3.79. The van der Waals surface area contributed by atoms with Crippen LogP contribution in [0.2, 0.25) is 10.2 Å². The molecule has 3 rings (SSSR count). The van der Waals surface area contributed by atoms with Crippen molar-refractivity contribution >= 4 is 45.7 Å². The Morgan fingerprint density at radius 1 is 1.12 bits per heavy atom. The molecule has 0 saturated heterocycles. The third-order valence-corrected chi connectivity index (χ3v) is 4.50. The Morgan fingerprint density at radius 3 is 2.60 bits per heavy atom. The van der Waals surface area contributed by atoms with Gasteiger partial charge < -0.3 is 10.2 Å². The van der Waals surface area contributed by atoms with E-state index in [0.717, 1.165) is 22.9 Å². The standard InChI is InChI=1S/C19H18Cl2N2O2/c1-2-11-25-23-17-10-6-3-7-13(17)14(19(23)21)12-18(24)22-16-9-5-4-8-15(16)20/h3-10H,2,11-12H2,1H3,(H,22,24). The van der Waals surface area contributed by atoms with Gasteiger partial charge in [-0.2, -0.15) is 4.73 Å². The number of anilines is 1. The zero-order valence-electron chi connectivity index (χ0n) is 13.8. The molecule has 0 saturated carbocycles. The number of halogens is 2. The van der Waals surface area contributed by atoms with Gasteiger partial charge in [0.15, 0.2) is 5.15 Å². The van der Waals surface area contributed by atoms with Crippen molar-refractivity contribution in [3.63, 3.8) is 0 Å². The fourth-order valence-corrected chi connectivity index (χ4v) is 3.13. The lowest BCUT2D eigenvalue weighted by Crippen LogP contribution is -2.15. The van der Waals surface area contributed by atoms with Crippen molar-refractivity contribution in [3.05, 3.63) is 64.3 Å². The van der Waals surface area contributed by atoms with E-state index >= 15 is 0 Å². The van der Waals surface area contributed by atoms with Gasteiger partial charge in [-0.1, -0.05) is 60.5 Å². The average Bonchev–Trinajstić information content (AvgIpc) is 2.87. The summed E-state index contributed by atoms with van der Waals surface area (Å²) in [6, 6.07) is 14.8. The van der Waals surface area contributed by atoms with Crippen molar-refractivity contribution in [2.24, 2.45) is 0 Å². The predicted molar refractivity (Wildman–Crippen MR) is 102 cm³/mol. The van der Waals surface area contributed by atoms with Gasteiger partial charge in [0.1, 0.15) is 6.61 Å². The molecule has 6 heteroatoms. The number of amides is 1. The van der Waals surface area contributed by atoms with Crippen LogP contribution in [0, 0.1) is 0 Å². The quantitative estimate of drug-likeness (QED) is 0.659. The van der Waals surface area contributed by atoms with Crippen LogP contribution in [0.15, 0.2) is 48.5 Å². The maximum Gasteiger partial charge on any atom is 0.228 e. The van der Waals surface area contributed by atoms with Gasteiger partial charge >= 0.3 is 0 Å². The molecule has 130 valence electrons. The SMILES string of the molecule is CCCOn1c(Cl)c(CC(=O)Nc2ccccc2Cl)c2ccccc21. The largest absolute Gasteiger partial charge is 0.412 e. The van der Waals surface area contributed by atoms with Crippen LogP contribution in [0.5, 0.6) is 0 Å². The first-order chi connectivity index (χ1) is 12.1. The summed E-state index contributed by atoms with van der Waals surface area (Å²) in [5, 5.41) is 4.64. The van der Waals surface area contributed by atoms with E-state index in [0.29, 0.717) is 22.5 Å². The second kappa shape index (κ2) is 7.81. The summed E-state index contributed by atoms with van der Waals surface area (Å²) in [5.41, 5.74) is 2.16. The normalized spacial score (nSPS) is 10.8. The lowest BCUT2D eigenvalue weighted by molar-refractivity contribution is -0.115. The van der Waals surface area contributed by atoms with Crippen LogP contribution in [0.4, 0.5) is 5.69 Å². The molecule has 0 bridgehead atoms. The summed E-state index contributed by atoms with van der Waals surface area (Å²) in [7, 11) is 0. The first kappa shape index (κ1) is 17.6. The fourth-order valence-electron chi connectivity index (χ4n) is 2.64. The monoisotopic (exact) mass is 376 g/mol. The molecule has 1 amide bonds. The van der Waals surface area contributed by atoms with Crippen LogP contribution in [-0.2, 0) is 11.2 Å². The van der Waals surface area contributed by atoms with E-state index in [1.807, 2.05) is 43.3 Å². The zero-order valence-corrected chi connectivity index (χ0v) is 15.3. The Hall–Kier alpha value is -2.17. The van der Waals surface area contributed by atoms with Gasteiger partial charge in [-0.25, -0.2) is 0 Å². The van der Waals surface area contributed by atoms with Crippen LogP contribution in [-0.4, -0.2) is 17.2 Å². The number of aromatic nitrogens is 1. The van der Waals surface area contributed by atoms with Gasteiger partial charge in [0.25, 0.3) is 0 Å². The number of nitrogens with one attached hydrogen (secondary N) is 1. The van der Waals surface area contributed by atoms with Gasteiger partial charge in [-0.05, 0) is 24.6 Å². The molecule has 3 aromatic rings. The number of carbonyl (C=O) groups excluding carboxylic acids is 1. The summed E-state index contributed by atoms with van der Waals surface area (Å²) < 4.78 is 1.60. The Kier molecular flexibility index (Phi) is 5.51. The van der Waals surface area contributed by atoms with E-state index in [2.05, 4.69) is 5.32 Å². The summed E-state index contributed by atoms with van der Waals surface area (Å²) >= 11 is 12.6. The Morgan fingerprint density at radius 2 is 1.84 bits per heavy atom. The predicted octanol–water partition coefficient (Wildman–Crippen LogP) is 4.97. The zero-order chi connectivity index (χ0) is 17.8. The molecule has 0 spiro atoms. The molecule has 1 N–H and O–H groups in total. The van der Waals surface area contributed by atoms with Gasteiger partial charge in [0.05, 0.1) is 22.6 Å². The number of rotatable bonds is 6. The fraction of sp³-hybridized carbons (Fsp3) is 0.211. The number of hydrogen-bond acceptors (Lipinski definition) is 2. The highest BCUT2D eigenvalue weighted by molar-refractivity contribution is 6.34. The minimum absolute atomic E-state index is 0.132. The van der Waals surface area contributed by atoms with Gasteiger partial charge in [0, 0.05) is 10.9 Å². The molecular formula is C19H18Cl2N2O2. The van der Waals surface area contributed by atoms with Crippen molar-refractivity contribution < 1.29 is 9.63 Å². The summed E-state index contributed by atoms with van der Waals surface area (Å²) in [6.07, 6.45) is 0.998. The molecule has 0 aliphatic carbocycles. The molecule has 0 fully saturated rings. The van der Waals surface area contributed by atoms with Gasteiger partial charge in [-0.15, -0.1) is 0 Å². The molecule has 25 heavy (non-hydrogen) atoms. The number of carbonyl (C=O) groups is 1. The minimum atomic E-state index is -0.187. The van der Waals surface area contributed by atoms with Crippen LogP contribution in [0.1, 0.15) is 18.9 Å². The lowest BCUT2D eigenvalue weighted by atomic mass is 10.1. The van der Waals surface area contributed by atoms with Crippen molar-refractivity contribution in [1.29, 1.82) is 0 Å². The van der Waals surface area contributed by atoms with Crippen molar-refractivity contribution in [2.45, 2.75) is 19.8 Å². The number of benzene rings is 2. The molecule has 1 aromatic heterocycles. The smallest absolute Gasteiger partial charge is 0.228 e. The molecule has 1 heterocycles. The average molecular weight is 377 g/mol. The Balaban J connectivity index is 1.89. The van der Waals surface area contributed by atoms with E-state index < -0.39 is 0 Å². The molecule has 2 aromatic carbocycles. The summed E-state index contributed by atoms with van der Waals surface area (Å²) in [4.78, 5) is 18.2. The van der Waals surface area contributed by atoms with E-state index in [1.54, 1.807) is 16.9 Å². The number of hydrogen-bond donors (Lipinski definition) is 1. The second-order valence-electron chi connectivity index (χ2n) is 5.62. The highest BCUT2D eigenvalue weighted by Crippen LogP contribution is 2.30. The molecule has 0 unspecified atom stereocenters. The Bertz CT molecular complexity index is 906. The van der Waals surface area contributed by atoms with Crippen molar-refractivity contribution in [1.82, 2.24) is 4.73 Å². The van der Waals surface area contributed by atoms with Gasteiger partial charge in [0.2, 0.25) is 5.91 Å². The lowest BCUT2D eigenvalue weighted by Gasteiger charge is -2.09. The Labute approximate surface area is 156 Å². The second-order valence-corrected chi connectivity index (χ2v) is 6.38. The van der Waals surface area contributed by atoms with Crippen molar-refractivity contribution in [2.75, 3.05) is 11.9 Å². The molecular weight excluding hydrogens is 359 g/mol. The number of fused-ring (bicyclic) bond motifs is 1. The molecule has 0 aliphatic heterocycles. The van der Waals surface area contributed by atoms with Gasteiger partial charge in [-0.3, -0.25) is 4.79 Å². The molecule has 0 radical (unpaired) electrons. The first-order valence-electron chi connectivity index (χ1n) is 8.07. The molecule has 4 nitrogen and oxygen atoms in total. The van der Waals surface area contributed by atoms with Crippen LogP contribution in [0.25, 0.3) is 10.9 Å². The van der Waals surface area contributed by atoms with E-state index in [1.165, 1.54) is 0 Å². The first-order valence-corrected chi connectivity index (χ1v) is 8.83. The highest BCUT2D eigenvalue weighted by atomic mass is 35.5. The highest BCUT2D eigenvalue weighted by Gasteiger charge is 2.19. The molecule has 0 atom stereocenters. The van der Waals surface area contributed by atoms with Crippen LogP contribution < -0.4 is 10.2 Å². The minimum Gasteiger partial charge on any atom is -0.412 e. The maximum atomic E-state index is 12.5. The van der Waals surface area contributed by atoms with E-state index in [4.69, 9.17) is 28.0 Å². The van der Waals surface area contributed by atoms with E-state index in [-0.39, 0.29) is 12.3 Å². The summed E-state index contributed by atoms with van der Waals surface area (Å²) in [5.74, 6) is -0.187. The van der Waals surface area contributed by atoms with Crippen molar-refractivity contribution in [3.8, 4) is 0 Å².